The van der Waals surface area contributed by atoms with Gasteiger partial charge in [0, 0.05) is 30.0 Å². The summed E-state index contributed by atoms with van der Waals surface area (Å²) in [5.74, 6) is 0. The van der Waals surface area contributed by atoms with Gasteiger partial charge >= 0.3 is 6.09 Å². The van der Waals surface area contributed by atoms with Gasteiger partial charge in [-0.25, -0.2) is 4.79 Å². The highest BCUT2D eigenvalue weighted by atomic mass is 79.9. The Hall–Kier alpha value is -1.61. The summed E-state index contributed by atoms with van der Waals surface area (Å²) in [6.07, 6.45) is 5.17. The molecule has 1 aliphatic rings. The third-order valence-corrected chi connectivity index (χ3v) is 4.62. The zero-order valence-electron chi connectivity index (χ0n) is 14.0. The topological polar surface area (TPSA) is 66.2 Å². The minimum atomic E-state index is -0.599. The molecule has 0 bridgehead atoms. The van der Waals surface area contributed by atoms with Crippen molar-refractivity contribution in [2.45, 2.75) is 57.1 Å². The molecule has 6 heteroatoms. The van der Waals surface area contributed by atoms with Crippen LogP contribution < -0.4 is 0 Å². The first-order valence-corrected chi connectivity index (χ1v) is 8.44. The Morgan fingerprint density at radius 3 is 2.78 bits per heavy atom. The molecule has 2 atom stereocenters. The van der Waals surface area contributed by atoms with E-state index in [-0.39, 0.29) is 12.1 Å². The zero-order chi connectivity index (χ0) is 17.3. The molecule has 0 aromatic carbocycles. The normalized spacial score (nSPS) is 24.1. The zero-order valence-corrected chi connectivity index (χ0v) is 15.6. The van der Waals surface area contributed by atoms with Crippen LogP contribution in [-0.2, 0) is 10.2 Å². The van der Waals surface area contributed by atoms with E-state index in [9.17, 15) is 10.1 Å². The third-order valence-electron chi connectivity index (χ3n) is 4.19. The van der Waals surface area contributed by atoms with Gasteiger partial charge in [0.1, 0.15) is 5.60 Å². The van der Waals surface area contributed by atoms with Crippen molar-refractivity contribution in [3.8, 4) is 6.07 Å². The number of nitriles is 1. The molecule has 5 nitrogen and oxygen atoms in total. The molecule has 0 saturated heterocycles. The monoisotopic (exact) mass is 379 g/mol. The van der Waals surface area contributed by atoms with Gasteiger partial charge in [-0.1, -0.05) is 0 Å². The molecule has 1 aromatic heterocycles. The molecule has 0 aliphatic heterocycles. The van der Waals surface area contributed by atoms with Crippen molar-refractivity contribution < 1.29 is 9.53 Å². The molecule has 1 saturated carbocycles. The molecular weight excluding hydrogens is 358 g/mol. The number of aromatic nitrogens is 1. The second-order valence-corrected chi connectivity index (χ2v) is 7.99. The summed E-state index contributed by atoms with van der Waals surface area (Å²) in [6.45, 7) is 5.54. The van der Waals surface area contributed by atoms with Gasteiger partial charge < -0.3 is 9.64 Å². The van der Waals surface area contributed by atoms with Crippen molar-refractivity contribution in [3.63, 3.8) is 0 Å². The molecular formula is C17H22BrN3O2. The number of pyridine rings is 1. The lowest BCUT2D eigenvalue weighted by molar-refractivity contribution is 0.0224. The Labute approximate surface area is 145 Å². The molecule has 0 N–H and O–H groups in total. The summed E-state index contributed by atoms with van der Waals surface area (Å²) in [4.78, 5) is 18.0. The lowest BCUT2D eigenvalue weighted by Crippen LogP contribution is -2.40. The highest BCUT2D eigenvalue weighted by Crippen LogP contribution is 2.42. The number of hydrogen-bond donors (Lipinski definition) is 0. The first-order chi connectivity index (χ1) is 10.7. The molecule has 124 valence electrons. The predicted octanol–water partition coefficient (Wildman–Crippen LogP) is 4.02. The van der Waals surface area contributed by atoms with E-state index in [1.165, 1.54) is 0 Å². The van der Waals surface area contributed by atoms with Gasteiger partial charge in [-0.3, -0.25) is 4.98 Å². The molecule has 2 rings (SSSR count). The number of halogens is 1. The maximum Gasteiger partial charge on any atom is 0.410 e. The minimum Gasteiger partial charge on any atom is -0.444 e. The van der Waals surface area contributed by atoms with Crippen molar-refractivity contribution >= 4 is 22.0 Å². The predicted molar refractivity (Wildman–Crippen MR) is 90.9 cm³/mol. The van der Waals surface area contributed by atoms with E-state index < -0.39 is 11.0 Å². The van der Waals surface area contributed by atoms with Crippen molar-refractivity contribution in [1.29, 1.82) is 5.26 Å². The molecule has 0 radical (unpaired) electrons. The van der Waals surface area contributed by atoms with Crippen LogP contribution in [0.1, 0.15) is 45.6 Å². The summed E-state index contributed by atoms with van der Waals surface area (Å²) >= 11 is 3.41. The van der Waals surface area contributed by atoms with Crippen LogP contribution in [0.3, 0.4) is 0 Å². The quantitative estimate of drug-likeness (QED) is 0.777. The highest BCUT2D eigenvalue weighted by molar-refractivity contribution is 9.10. The van der Waals surface area contributed by atoms with Crippen LogP contribution in [0.2, 0.25) is 0 Å². The Morgan fingerprint density at radius 1 is 1.52 bits per heavy atom. The minimum absolute atomic E-state index is 0.0107. The van der Waals surface area contributed by atoms with Crippen molar-refractivity contribution in [2.75, 3.05) is 7.05 Å². The van der Waals surface area contributed by atoms with Crippen LogP contribution in [0, 0.1) is 11.3 Å². The van der Waals surface area contributed by atoms with Crippen LogP contribution in [0.4, 0.5) is 4.79 Å². The molecule has 1 fully saturated rings. The van der Waals surface area contributed by atoms with Gasteiger partial charge in [-0.2, -0.15) is 5.26 Å². The molecule has 1 aromatic rings. The molecule has 1 heterocycles. The van der Waals surface area contributed by atoms with Crippen LogP contribution in [0.5, 0.6) is 0 Å². The first-order valence-electron chi connectivity index (χ1n) is 7.65. The van der Waals surface area contributed by atoms with Crippen LogP contribution in [0.25, 0.3) is 0 Å². The van der Waals surface area contributed by atoms with Crippen molar-refractivity contribution in [3.05, 3.63) is 28.5 Å². The van der Waals surface area contributed by atoms with Crippen molar-refractivity contribution in [2.24, 2.45) is 0 Å². The van der Waals surface area contributed by atoms with E-state index in [0.717, 1.165) is 16.5 Å². The molecule has 1 aliphatic carbocycles. The standard InChI is InChI=1S/C17H22BrN3O2/c1-16(2,3)23-15(22)21(4)14-5-6-17(8-14,11-19)12-7-13(18)10-20-9-12/h7,9-10,14H,5-6,8H2,1-4H3. The van der Waals surface area contributed by atoms with Gasteiger partial charge in [0.25, 0.3) is 0 Å². The van der Waals surface area contributed by atoms with Gasteiger partial charge in [-0.05, 0) is 67.6 Å². The second kappa shape index (κ2) is 6.48. The van der Waals surface area contributed by atoms with Crippen LogP contribution in [-0.4, -0.2) is 34.7 Å². The smallest absolute Gasteiger partial charge is 0.410 e. The van der Waals surface area contributed by atoms with E-state index in [0.29, 0.717) is 12.8 Å². The first kappa shape index (κ1) is 17.7. The highest BCUT2D eigenvalue weighted by Gasteiger charge is 2.44. The Bertz CT molecular complexity index is 635. The summed E-state index contributed by atoms with van der Waals surface area (Å²) < 4.78 is 6.28. The summed E-state index contributed by atoms with van der Waals surface area (Å²) in [7, 11) is 1.74. The summed E-state index contributed by atoms with van der Waals surface area (Å²) in [6, 6.07) is 4.38. The Balaban J connectivity index is 2.15. The average Bonchev–Trinajstić information content (AvgIpc) is 2.90. The van der Waals surface area contributed by atoms with Gasteiger partial charge in [0.05, 0.1) is 11.5 Å². The Kier molecular flexibility index (Phi) is 5.00. The molecule has 2 unspecified atom stereocenters. The number of carbonyl (C=O) groups is 1. The fourth-order valence-electron chi connectivity index (χ4n) is 2.93. The van der Waals surface area contributed by atoms with E-state index in [2.05, 4.69) is 27.0 Å². The fourth-order valence-corrected chi connectivity index (χ4v) is 3.30. The maximum absolute atomic E-state index is 12.2. The summed E-state index contributed by atoms with van der Waals surface area (Å²) in [5.41, 5.74) is -0.225. The molecule has 1 amide bonds. The molecule has 23 heavy (non-hydrogen) atoms. The van der Waals surface area contributed by atoms with E-state index in [1.54, 1.807) is 24.3 Å². The maximum atomic E-state index is 12.2. The largest absolute Gasteiger partial charge is 0.444 e. The third kappa shape index (κ3) is 4.03. The number of carbonyl (C=O) groups excluding carboxylic acids is 1. The average molecular weight is 380 g/mol. The summed E-state index contributed by atoms with van der Waals surface area (Å²) in [5, 5.41) is 9.76. The van der Waals surface area contributed by atoms with Gasteiger partial charge in [0.15, 0.2) is 0 Å². The van der Waals surface area contributed by atoms with Crippen molar-refractivity contribution in [1.82, 2.24) is 9.88 Å². The van der Waals surface area contributed by atoms with Gasteiger partial charge in [-0.15, -0.1) is 0 Å². The van der Waals surface area contributed by atoms with E-state index >= 15 is 0 Å². The SMILES string of the molecule is CN(C(=O)OC(C)(C)C)C1CCC(C#N)(c2cncc(Br)c2)C1. The number of amides is 1. The number of ether oxygens (including phenoxy) is 1. The number of hydrogen-bond acceptors (Lipinski definition) is 4. The Morgan fingerprint density at radius 2 is 2.22 bits per heavy atom. The number of nitrogens with zero attached hydrogens (tertiary/aromatic N) is 3. The lowest BCUT2D eigenvalue weighted by atomic mass is 9.81. The van der Waals surface area contributed by atoms with Crippen LogP contribution >= 0.6 is 15.9 Å². The van der Waals surface area contributed by atoms with E-state index in [4.69, 9.17) is 4.74 Å². The fraction of sp³-hybridized carbons (Fsp3) is 0.588. The second-order valence-electron chi connectivity index (χ2n) is 7.07. The lowest BCUT2D eigenvalue weighted by Gasteiger charge is -2.29. The van der Waals surface area contributed by atoms with E-state index in [1.807, 2.05) is 26.8 Å². The van der Waals surface area contributed by atoms with Gasteiger partial charge in [0.2, 0.25) is 0 Å². The molecule has 0 spiro atoms. The number of rotatable bonds is 2. The van der Waals surface area contributed by atoms with Crippen LogP contribution in [0.15, 0.2) is 22.9 Å².